The van der Waals surface area contributed by atoms with Crippen LogP contribution in [0.15, 0.2) is 35.7 Å². The van der Waals surface area contributed by atoms with Gasteiger partial charge >= 0.3 is 5.97 Å². The second kappa shape index (κ2) is 5.78. The molecule has 0 N–H and O–H groups in total. The number of nitrogens with zero attached hydrogens (tertiary/aromatic N) is 1. The molecule has 0 aliphatic carbocycles. The van der Waals surface area contributed by atoms with E-state index in [1.807, 2.05) is 23.6 Å². The van der Waals surface area contributed by atoms with Crippen LogP contribution < -0.4 is 0 Å². The van der Waals surface area contributed by atoms with Crippen molar-refractivity contribution in [3.63, 3.8) is 0 Å². The highest BCUT2D eigenvalue weighted by Gasteiger charge is 2.09. The van der Waals surface area contributed by atoms with Crippen molar-refractivity contribution in [3.05, 3.63) is 52.0 Å². The Kier molecular flexibility index (Phi) is 4.10. The predicted octanol–water partition coefficient (Wildman–Crippen LogP) is 3.62. The Morgan fingerprint density at radius 3 is 2.67 bits per heavy atom. The maximum absolute atomic E-state index is 11.7. The standard InChI is InChI=1S/C14H15NO2S/c1-10(2)12-9-18-13(15-12)8-17-14(16)11-6-4-3-5-7-11/h3-7,9-10H,8H2,1-2H3. The van der Waals surface area contributed by atoms with Crippen molar-refractivity contribution in [2.24, 2.45) is 0 Å². The van der Waals surface area contributed by atoms with Crippen LogP contribution in [-0.4, -0.2) is 11.0 Å². The van der Waals surface area contributed by atoms with E-state index in [9.17, 15) is 4.79 Å². The molecule has 18 heavy (non-hydrogen) atoms. The minimum Gasteiger partial charge on any atom is -0.455 e. The lowest BCUT2D eigenvalue weighted by molar-refractivity contribution is 0.0472. The molecule has 0 bridgehead atoms. The van der Waals surface area contributed by atoms with Gasteiger partial charge in [-0.25, -0.2) is 9.78 Å². The Labute approximate surface area is 110 Å². The van der Waals surface area contributed by atoms with Crippen molar-refractivity contribution in [3.8, 4) is 0 Å². The van der Waals surface area contributed by atoms with Crippen LogP contribution in [0.2, 0.25) is 0 Å². The van der Waals surface area contributed by atoms with Crippen LogP contribution in [0.4, 0.5) is 0 Å². The Morgan fingerprint density at radius 2 is 2.06 bits per heavy atom. The molecule has 0 saturated carbocycles. The van der Waals surface area contributed by atoms with E-state index in [1.165, 1.54) is 11.3 Å². The number of benzene rings is 1. The van der Waals surface area contributed by atoms with Gasteiger partial charge in [0.2, 0.25) is 0 Å². The molecule has 3 nitrogen and oxygen atoms in total. The summed E-state index contributed by atoms with van der Waals surface area (Å²) < 4.78 is 5.22. The summed E-state index contributed by atoms with van der Waals surface area (Å²) in [5.74, 6) is 0.0942. The second-order valence-electron chi connectivity index (χ2n) is 4.26. The van der Waals surface area contributed by atoms with E-state index in [0.717, 1.165) is 10.7 Å². The van der Waals surface area contributed by atoms with Gasteiger partial charge < -0.3 is 4.74 Å². The quantitative estimate of drug-likeness (QED) is 0.789. The molecule has 0 radical (unpaired) electrons. The molecule has 2 rings (SSSR count). The van der Waals surface area contributed by atoms with Crippen molar-refractivity contribution in [2.75, 3.05) is 0 Å². The van der Waals surface area contributed by atoms with E-state index in [4.69, 9.17) is 4.74 Å². The van der Waals surface area contributed by atoms with Gasteiger partial charge in [-0.2, -0.15) is 0 Å². The molecule has 0 atom stereocenters. The summed E-state index contributed by atoms with van der Waals surface area (Å²) in [6.45, 7) is 4.43. The molecule has 1 aromatic heterocycles. The summed E-state index contributed by atoms with van der Waals surface area (Å²) in [6, 6.07) is 8.98. The van der Waals surface area contributed by atoms with Gasteiger partial charge in [-0.15, -0.1) is 11.3 Å². The molecule has 0 aliphatic heterocycles. The normalized spacial score (nSPS) is 10.6. The summed E-state index contributed by atoms with van der Waals surface area (Å²) >= 11 is 1.53. The fraction of sp³-hybridized carbons (Fsp3) is 0.286. The van der Waals surface area contributed by atoms with E-state index in [0.29, 0.717) is 11.5 Å². The van der Waals surface area contributed by atoms with Gasteiger partial charge in [0.25, 0.3) is 0 Å². The molecule has 1 aromatic carbocycles. The van der Waals surface area contributed by atoms with Crippen LogP contribution in [0.3, 0.4) is 0 Å². The van der Waals surface area contributed by atoms with Gasteiger partial charge in [0.05, 0.1) is 11.3 Å². The fourth-order valence-electron chi connectivity index (χ4n) is 1.44. The van der Waals surface area contributed by atoms with Gasteiger partial charge in [0.1, 0.15) is 11.6 Å². The first kappa shape index (κ1) is 12.8. The van der Waals surface area contributed by atoms with Crippen LogP contribution >= 0.6 is 11.3 Å². The molecule has 4 heteroatoms. The highest BCUT2D eigenvalue weighted by molar-refractivity contribution is 7.09. The summed E-state index contributed by atoms with van der Waals surface area (Å²) in [6.07, 6.45) is 0. The minimum atomic E-state index is -0.308. The number of carbonyl (C=O) groups excluding carboxylic acids is 1. The average molecular weight is 261 g/mol. The van der Waals surface area contributed by atoms with Crippen molar-refractivity contribution >= 4 is 17.3 Å². The number of esters is 1. The summed E-state index contributed by atoms with van der Waals surface area (Å²) in [5.41, 5.74) is 1.61. The van der Waals surface area contributed by atoms with Crippen LogP contribution in [0.25, 0.3) is 0 Å². The molecule has 0 fully saturated rings. The molecular weight excluding hydrogens is 246 g/mol. The summed E-state index contributed by atoms with van der Waals surface area (Å²) in [4.78, 5) is 16.1. The molecule has 0 aliphatic rings. The zero-order valence-corrected chi connectivity index (χ0v) is 11.2. The molecule has 94 valence electrons. The Hall–Kier alpha value is -1.68. The third kappa shape index (κ3) is 3.17. The average Bonchev–Trinajstić information content (AvgIpc) is 2.86. The van der Waals surface area contributed by atoms with Crippen molar-refractivity contribution in [1.82, 2.24) is 4.98 Å². The fourth-order valence-corrected chi connectivity index (χ4v) is 2.31. The Balaban J connectivity index is 1.93. The Bertz CT molecular complexity index is 520. The first-order valence-electron chi connectivity index (χ1n) is 5.83. The van der Waals surface area contributed by atoms with Crippen molar-refractivity contribution < 1.29 is 9.53 Å². The van der Waals surface area contributed by atoms with Crippen LogP contribution in [0.1, 0.15) is 40.8 Å². The number of ether oxygens (including phenoxy) is 1. The highest BCUT2D eigenvalue weighted by atomic mass is 32.1. The van der Waals surface area contributed by atoms with Gasteiger partial charge in [-0.1, -0.05) is 32.0 Å². The van der Waals surface area contributed by atoms with E-state index < -0.39 is 0 Å². The monoisotopic (exact) mass is 261 g/mol. The molecular formula is C14H15NO2S. The lowest BCUT2D eigenvalue weighted by Gasteiger charge is -2.02. The number of hydrogen-bond donors (Lipinski definition) is 0. The van der Waals surface area contributed by atoms with E-state index >= 15 is 0 Å². The lowest BCUT2D eigenvalue weighted by Crippen LogP contribution is -2.04. The molecule has 2 aromatic rings. The first-order chi connectivity index (χ1) is 8.66. The van der Waals surface area contributed by atoms with Crippen LogP contribution in [0.5, 0.6) is 0 Å². The number of hydrogen-bond acceptors (Lipinski definition) is 4. The number of thiazole rings is 1. The van der Waals surface area contributed by atoms with E-state index in [2.05, 4.69) is 18.8 Å². The topological polar surface area (TPSA) is 39.2 Å². The summed E-state index contributed by atoms with van der Waals surface area (Å²) in [7, 11) is 0. The lowest BCUT2D eigenvalue weighted by atomic mass is 10.2. The largest absolute Gasteiger partial charge is 0.455 e. The maximum atomic E-state index is 11.7. The van der Waals surface area contributed by atoms with E-state index in [-0.39, 0.29) is 12.6 Å². The SMILES string of the molecule is CC(C)c1csc(COC(=O)c2ccccc2)n1. The van der Waals surface area contributed by atoms with E-state index in [1.54, 1.807) is 12.1 Å². The molecule has 0 saturated heterocycles. The number of aromatic nitrogens is 1. The number of carbonyl (C=O) groups is 1. The molecule has 1 heterocycles. The third-order valence-corrected chi connectivity index (χ3v) is 3.34. The first-order valence-corrected chi connectivity index (χ1v) is 6.71. The summed E-state index contributed by atoms with van der Waals surface area (Å²) in [5, 5.41) is 2.85. The molecule has 0 amide bonds. The maximum Gasteiger partial charge on any atom is 0.338 e. The predicted molar refractivity (Wildman–Crippen MR) is 71.8 cm³/mol. The van der Waals surface area contributed by atoms with Gasteiger partial charge in [-0.3, -0.25) is 0 Å². The van der Waals surface area contributed by atoms with Crippen LogP contribution in [0, 0.1) is 0 Å². The number of rotatable bonds is 4. The van der Waals surface area contributed by atoms with Gasteiger partial charge in [0, 0.05) is 5.38 Å². The molecule has 0 unspecified atom stereocenters. The smallest absolute Gasteiger partial charge is 0.338 e. The third-order valence-electron chi connectivity index (χ3n) is 2.50. The zero-order valence-electron chi connectivity index (χ0n) is 10.4. The highest BCUT2D eigenvalue weighted by Crippen LogP contribution is 2.18. The Morgan fingerprint density at radius 1 is 1.33 bits per heavy atom. The zero-order chi connectivity index (χ0) is 13.0. The molecule has 0 spiro atoms. The van der Waals surface area contributed by atoms with Crippen LogP contribution in [-0.2, 0) is 11.3 Å². The second-order valence-corrected chi connectivity index (χ2v) is 5.21. The minimum absolute atomic E-state index is 0.241. The van der Waals surface area contributed by atoms with Crippen molar-refractivity contribution in [2.45, 2.75) is 26.4 Å². The van der Waals surface area contributed by atoms with Crippen molar-refractivity contribution in [1.29, 1.82) is 0 Å². The van der Waals surface area contributed by atoms with Gasteiger partial charge in [0.15, 0.2) is 0 Å². The van der Waals surface area contributed by atoms with Gasteiger partial charge in [-0.05, 0) is 18.1 Å².